The number of epoxide rings is 3. The van der Waals surface area contributed by atoms with Gasteiger partial charge < -0.3 is 33.2 Å². The Morgan fingerprint density at radius 2 is 0.778 bits per heavy atom. The first-order valence-electron chi connectivity index (χ1n) is 13.5. The molecule has 0 bridgehead atoms. The van der Waals surface area contributed by atoms with Gasteiger partial charge in [0.15, 0.2) is 13.2 Å². The maximum absolute atomic E-state index is 12.8. The van der Waals surface area contributed by atoms with Gasteiger partial charge in [0, 0.05) is 0 Å². The zero-order valence-corrected chi connectivity index (χ0v) is 20.7. The molecule has 0 N–H and O–H groups in total. The number of carbonyl (C=O) groups is 4. The van der Waals surface area contributed by atoms with Crippen molar-refractivity contribution in [3.8, 4) is 0 Å². The zero-order valence-electron chi connectivity index (χ0n) is 20.7. The van der Waals surface area contributed by atoms with Crippen LogP contribution >= 0.6 is 0 Å². The molecule has 6 fully saturated rings. The van der Waals surface area contributed by atoms with Crippen LogP contribution in [0.4, 0.5) is 0 Å². The number of hydrogen-bond acceptors (Lipinski definition) is 11. The molecule has 10 unspecified atom stereocenters. The Labute approximate surface area is 273 Å². The lowest BCUT2D eigenvalue weighted by molar-refractivity contribution is -0.170. The molecule has 0 spiro atoms. The Bertz CT molecular complexity index is 852. The van der Waals surface area contributed by atoms with E-state index in [1.807, 2.05) is 0 Å². The van der Waals surface area contributed by atoms with Crippen LogP contribution in [0.25, 0.3) is 0 Å². The van der Waals surface area contributed by atoms with E-state index in [0.29, 0.717) is 37.3 Å². The van der Waals surface area contributed by atoms with Gasteiger partial charge in [0.1, 0.15) is 0 Å². The molecule has 11 heteroatoms. The minimum absolute atomic E-state index is 0. The summed E-state index contributed by atoms with van der Waals surface area (Å²) >= 11 is 0. The molecule has 0 aromatic carbocycles. The van der Waals surface area contributed by atoms with Crippen molar-refractivity contribution in [2.45, 2.75) is 147 Å². The largest absolute Gasteiger partial charge is 0.463 e. The van der Waals surface area contributed by atoms with Gasteiger partial charge in [0.05, 0.1) is 61.7 Å². The fraction of sp³-hybridized carbons (Fsp3) is 0.882. The molecular formula is C34H66O11. The van der Waals surface area contributed by atoms with E-state index >= 15 is 0 Å². The van der Waals surface area contributed by atoms with Crippen LogP contribution in [-0.2, 0) is 52.3 Å². The normalized spacial score (nSPS) is 33.4. The van der Waals surface area contributed by atoms with Gasteiger partial charge in [-0.1, -0.05) is 59.4 Å². The molecule has 0 radical (unpaired) electrons. The van der Waals surface area contributed by atoms with E-state index in [0.717, 1.165) is 38.5 Å². The summed E-state index contributed by atoms with van der Waals surface area (Å²) in [6.07, 6.45) is 7.39. The second-order valence-electron chi connectivity index (χ2n) is 11.3. The highest BCUT2D eigenvalue weighted by Gasteiger charge is 2.54. The van der Waals surface area contributed by atoms with Crippen molar-refractivity contribution in [1.29, 1.82) is 0 Å². The predicted molar refractivity (Wildman–Crippen MR) is 175 cm³/mol. The first-order valence-corrected chi connectivity index (χ1v) is 13.5. The molecule has 6 aliphatic rings. The van der Waals surface area contributed by atoms with E-state index < -0.39 is 48.9 Å². The van der Waals surface area contributed by atoms with Crippen LogP contribution in [-0.4, -0.2) is 86.9 Å². The van der Waals surface area contributed by atoms with Crippen molar-refractivity contribution in [2.75, 3.05) is 26.4 Å². The quantitative estimate of drug-likeness (QED) is 0.152. The number of carbonyl (C=O) groups excluding carboxylic acids is 4. The van der Waals surface area contributed by atoms with E-state index in [4.69, 9.17) is 33.2 Å². The van der Waals surface area contributed by atoms with E-state index in [1.165, 1.54) is 0 Å². The molecule has 3 heterocycles. The van der Waals surface area contributed by atoms with Crippen molar-refractivity contribution < 1.29 is 52.3 Å². The molecule has 3 aliphatic heterocycles. The molecule has 0 amide bonds. The second kappa shape index (κ2) is 20.1. The van der Waals surface area contributed by atoms with Gasteiger partial charge in [-0.2, -0.15) is 0 Å². The Morgan fingerprint density at radius 1 is 0.444 bits per heavy atom. The summed E-state index contributed by atoms with van der Waals surface area (Å²) in [5, 5.41) is 0. The summed E-state index contributed by atoms with van der Waals surface area (Å²) in [6, 6.07) is 0. The molecule has 3 saturated heterocycles. The number of fused-ring (bicyclic) bond motifs is 3. The Balaban J connectivity index is -0.00000220. The van der Waals surface area contributed by atoms with Crippen LogP contribution in [0.3, 0.4) is 0 Å². The van der Waals surface area contributed by atoms with Crippen LogP contribution < -0.4 is 0 Å². The van der Waals surface area contributed by atoms with E-state index in [2.05, 4.69) is 0 Å². The number of ether oxygens (including phenoxy) is 7. The van der Waals surface area contributed by atoms with E-state index in [1.54, 1.807) is 0 Å². The molecule has 45 heavy (non-hydrogen) atoms. The standard InChI is InChI=1S/C26H34O11.8CH4/c27-23(31-9-13-1-3-17-19(5-13)35-17)11-33-25(29)15-7-21-22(37-21)8-16(15)26(30)34-12-24(28)32-10-14-2-4-18-20(6-14)36-18;;;;;;;;/h13-22H,1-12H2;8*1H4. The van der Waals surface area contributed by atoms with Crippen LogP contribution in [0.1, 0.15) is 111 Å². The van der Waals surface area contributed by atoms with Crippen molar-refractivity contribution in [2.24, 2.45) is 23.7 Å². The van der Waals surface area contributed by atoms with Crippen LogP contribution in [0.2, 0.25) is 0 Å². The lowest BCUT2D eigenvalue weighted by Crippen LogP contribution is -2.39. The fourth-order valence-corrected chi connectivity index (χ4v) is 6.20. The Hall–Kier alpha value is -2.24. The Kier molecular flexibility index (Phi) is 21.1. The zero-order chi connectivity index (χ0) is 25.5. The summed E-state index contributed by atoms with van der Waals surface area (Å²) in [5.74, 6) is -3.66. The van der Waals surface area contributed by atoms with Crippen molar-refractivity contribution in [1.82, 2.24) is 0 Å². The summed E-state index contributed by atoms with van der Waals surface area (Å²) in [7, 11) is 0. The van der Waals surface area contributed by atoms with Crippen molar-refractivity contribution >= 4 is 23.9 Å². The highest BCUT2D eigenvalue weighted by Crippen LogP contribution is 2.44. The highest BCUT2D eigenvalue weighted by atomic mass is 16.6. The second-order valence-corrected chi connectivity index (χ2v) is 11.3. The maximum atomic E-state index is 12.8. The average Bonchev–Trinajstić information content (AvgIpc) is 3.79. The smallest absolute Gasteiger partial charge is 0.344 e. The molecule has 6 rings (SSSR count). The van der Waals surface area contributed by atoms with Crippen LogP contribution in [0.5, 0.6) is 0 Å². The summed E-state index contributed by atoms with van der Waals surface area (Å²) < 4.78 is 37.4. The fourth-order valence-electron chi connectivity index (χ4n) is 6.20. The first-order chi connectivity index (χ1) is 17.9. The molecule has 11 nitrogen and oxygen atoms in total. The first kappa shape index (κ1) is 47.2. The Morgan fingerprint density at radius 3 is 1.13 bits per heavy atom. The summed E-state index contributed by atoms with van der Waals surface area (Å²) in [6.45, 7) is -0.460. The monoisotopic (exact) mass is 650 g/mol. The molecule has 0 aromatic rings. The van der Waals surface area contributed by atoms with Crippen molar-refractivity contribution in [3.63, 3.8) is 0 Å². The SMILES string of the molecule is C.C.C.C.C.C.C.C.O=C(COC(=O)C1CC2OC2CC1C(=O)OCC(=O)OCC1CCC2OC2C1)OCC1CCC2OC2C1. The molecular weight excluding hydrogens is 584 g/mol. The molecule has 3 saturated carbocycles. The third-order valence-corrected chi connectivity index (χ3v) is 8.60. The topological polar surface area (TPSA) is 143 Å². The minimum Gasteiger partial charge on any atom is -0.463 e. The number of rotatable bonds is 10. The predicted octanol–water partition coefficient (Wildman–Crippen LogP) is 6.18. The van der Waals surface area contributed by atoms with Gasteiger partial charge in [-0.05, 0) is 63.2 Å². The number of esters is 4. The third kappa shape index (κ3) is 12.1. The van der Waals surface area contributed by atoms with Crippen LogP contribution in [0, 0.1) is 23.7 Å². The maximum Gasteiger partial charge on any atom is 0.344 e. The highest BCUT2D eigenvalue weighted by molar-refractivity contribution is 5.85. The van der Waals surface area contributed by atoms with Gasteiger partial charge in [0.2, 0.25) is 0 Å². The lowest BCUT2D eigenvalue weighted by atomic mass is 9.79. The molecule has 268 valence electrons. The summed E-state index contributed by atoms with van der Waals surface area (Å²) in [4.78, 5) is 49.8. The van der Waals surface area contributed by atoms with E-state index in [-0.39, 0.29) is 96.7 Å². The van der Waals surface area contributed by atoms with Gasteiger partial charge in [-0.25, -0.2) is 9.59 Å². The average molecular weight is 651 g/mol. The lowest BCUT2D eigenvalue weighted by Gasteiger charge is -2.26. The van der Waals surface area contributed by atoms with Gasteiger partial charge in [-0.3, -0.25) is 9.59 Å². The van der Waals surface area contributed by atoms with Gasteiger partial charge in [0.25, 0.3) is 0 Å². The van der Waals surface area contributed by atoms with Gasteiger partial charge in [-0.15, -0.1) is 0 Å². The van der Waals surface area contributed by atoms with Crippen molar-refractivity contribution in [3.05, 3.63) is 0 Å². The molecule has 3 aliphatic carbocycles. The summed E-state index contributed by atoms with van der Waals surface area (Å²) in [5.41, 5.74) is 0. The van der Waals surface area contributed by atoms with Crippen LogP contribution in [0.15, 0.2) is 0 Å². The van der Waals surface area contributed by atoms with Gasteiger partial charge >= 0.3 is 23.9 Å². The van der Waals surface area contributed by atoms with E-state index in [9.17, 15) is 19.2 Å². The molecule has 10 atom stereocenters. The number of hydrogen-bond donors (Lipinski definition) is 0. The minimum atomic E-state index is -0.809. The third-order valence-electron chi connectivity index (χ3n) is 8.60. The molecule has 0 aromatic heterocycles.